The van der Waals surface area contributed by atoms with E-state index in [1.165, 1.54) is 0 Å². The molecule has 0 saturated carbocycles. The van der Waals surface area contributed by atoms with Crippen LogP contribution in [-0.4, -0.2) is 21.8 Å². The molecule has 1 atom stereocenters. The van der Waals surface area contributed by atoms with Crippen LogP contribution in [0.4, 0.5) is 0 Å². The Balaban J connectivity index is 1.46. The molecule has 0 radical (unpaired) electrons. The molecule has 0 spiro atoms. The molecule has 0 aliphatic heterocycles. The Labute approximate surface area is 236 Å². The van der Waals surface area contributed by atoms with Gasteiger partial charge in [0.05, 0.1) is 23.7 Å². The lowest BCUT2D eigenvalue weighted by Crippen LogP contribution is -2.18. The monoisotopic (exact) mass is 577 g/mol. The van der Waals surface area contributed by atoms with E-state index in [1.807, 2.05) is 78.9 Å². The number of rotatable bonds is 9. The third kappa shape index (κ3) is 6.42. The number of carbonyl (C=O) groups excluding carboxylic acids is 1. The smallest absolute Gasteiger partial charge is 0.240 e. The lowest BCUT2D eigenvalue weighted by molar-refractivity contribution is -0.121. The largest absolute Gasteiger partial charge is 0.388 e. The first-order chi connectivity index (χ1) is 19.1. The number of carbonyl (C=O) groups is 1. The van der Waals surface area contributed by atoms with E-state index in [4.69, 9.17) is 0 Å². The Morgan fingerprint density at radius 2 is 1.44 bits per heavy atom. The minimum Gasteiger partial charge on any atom is -0.388 e. The van der Waals surface area contributed by atoms with Crippen LogP contribution in [0.15, 0.2) is 131 Å². The molecule has 4 aromatic carbocycles. The van der Waals surface area contributed by atoms with Gasteiger partial charge in [-0.1, -0.05) is 107 Å². The molecule has 194 valence electrons. The van der Waals surface area contributed by atoms with E-state index >= 15 is 0 Å². The van der Waals surface area contributed by atoms with Crippen molar-refractivity contribution < 1.29 is 9.90 Å². The van der Waals surface area contributed by atoms with Gasteiger partial charge in [-0.2, -0.15) is 5.10 Å². The van der Waals surface area contributed by atoms with Crippen LogP contribution in [0, 0.1) is 0 Å². The zero-order valence-electron chi connectivity index (χ0n) is 21.2. The minimum atomic E-state index is -0.695. The number of benzene rings is 4. The highest BCUT2D eigenvalue weighted by Crippen LogP contribution is 2.35. The molecule has 0 aliphatic rings. The second-order valence-corrected chi connectivity index (χ2v) is 10.1. The van der Waals surface area contributed by atoms with Crippen molar-refractivity contribution in [2.45, 2.75) is 18.9 Å². The summed E-state index contributed by atoms with van der Waals surface area (Å²) in [6.07, 6.45) is 1.47. The zero-order valence-corrected chi connectivity index (χ0v) is 22.8. The summed E-state index contributed by atoms with van der Waals surface area (Å²) in [4.78, 5) is 12.5. The standard InChI is InChI=1S/C33H28BrN3O2/c34-28-16-18-29(19-17-28)37-30(24-10-4-1-5-11-24)22-27(33(37)26-14-8-3-9-15-26)23-35-36-32(39)21-20-31(38)25-12-6-2-7-13-25/h1-19,22-23,31,38H,20-21H2,(H,36,39)/b35-23-/t31-/m0/s1. The topological polar surface area (TPSA) is 66.6 Å². The molecule has 0 fully saturated rings. The van der Waals surface area contributed by atoms with Gasteiger partial charge in [0.1, 0.15) is 0 Å². The predicted molar refractivity (Wildman–Crippen MR) is 161 cm³/mol. The van der Waals surface area contributed by atoms with Crippen LogP contribution in [0.2, 0.25) is 0 Å². The van der Waals surface area contributed by atoms with Gasteiger partial charge in [-0.25, -0.2) is 5.43 Å². The first-order valence-corrected chi connectivity index (χ1v) is 13.6. The Bertz CT molecular complexity index is 1550. The van der Waals surface area contributed by atoms with Crippen LogP contribution in [0.3, 0.4) is 0 Å². The number of aliphatic hydroxyl groups excluding tert-OH is 1. The molecule has 5 aromatic rings. The molecule has 0 unspecified atom stereocenters. The Morgan fingerprint density at radius 3 is 2.08 bits per heavy atom. The SMILES string of the molecule is O=C(CC[C@H](O)c1ccccc1)N/N=C\c1cc(-c2ccccc2)n(-c2ccc(Br)cc2)c1-c1ccccc1. The first-order valence-electron chi connectivity index (χ1n) is 12.8. The molecule has 2 N–H and O–H groups in total. The maximum Gasteiger partial charge on any atom is 0.240 e. The molecule has 1 heterocycles. The van der Waals surface area contributed by atoms with Crippen LogP contribution in [-0.2, 0) is 4.79 Å². The molecule has 5 rings (SSSR count). The van der Waals surface area contributed by atoms with Gasteiger partial charge in [-0.3, -0.25) is 4.79 Å². The Kier molecular flexibility index (Phi) is 8.46. The number of nitrogens with zero attached hydrogens (tertiary/aromatic N) is 2. The summed E-state index contributed by atoms with van der Waals surface area (Å²) in [5.41, 5.74) is 9.38. The number of hydrazone groups is 1. The molecule has 39 heavy (non-hydrogen) atoms. The lowest BCUT2D eigenvalue weighted by atomic mass is 10.1. The lowest BCUT2D eigenvalue weighted by Gasteiger charge is -2.15. The van der Waals surface area contributed by atoms with Crippen molar-refractivity contribution in [2.75, 3.05) is 0 Å². The predicted octanol–water partition coefficient (Wildman–Crippen LogP) is 7.54. The molecule has 0 saturated heterocycles. The minimum absolute atomic E-state index is 0.161. The third-order valence-electron chi connectivity index (χ3n) is 6.45. The van der Waals surface area contributed by atoms with Crippen LogP contribution in [0.1, 0.15) is 30.1 Å². The summed E-state index contributed by atoms with van der Waals surface area (Å²) in [5.74, 6) is -0.252. The van der Waals surface area contributed by atoms with Crippen LogP contribution in [0.25, 0.3) is 28.2 Å². The average molecular weight is 579 g/mol. The molecule has 6 heteroatoms. The normalized spacial score (nSPS) is 11.9. The van der Waals surface area contributed by atoms with E-state index in [-0.39, 0.29) is 12.3 Å². The fourth-order valence-corrected chi connectivity index (χ4v) is 4.80. The maximum atomic E-state index is 12.5. The molecule has 5 nitrogen and oxygen atoms in total. The number of aliphatic hydroxyl groups is 1. The van der Waals surface area contributed by atoms with Crippen LogP contribution >= 0.6 is 15.9 Å². The summed E-state index contributed by atoms with van der Waals surface area (Å²) in [6.45, 7) is 0. The van der Waals surface area contributed by atoms with E-state index in [2.05, 4.69) is 73.5 Å². The van der Waals surface area contributed by atoms with Gasteiger partial charge < -0.3 is 9.67 Å². The highest BCUT2D eigenvalue weighted by atomic mass is 79.9. The second kappa shape index (κ2) is 12.5. The Hall–Kier alpha value is -4.26. The van der Waals surface area contributed by atoms with Crippen molar-refractivity contribution >= 4 is 28.1 Å². The summed E-state index contributed by atoms with van der Waals surface area (Å²) in [6, 6.07) is 40.0. The second-order valence-electron chi connectivity index (χ2n) is 9.14. The van der Waals surface area contributed by atoms with Crippen molar-refractivity contribution in [1.29, 1.82) is 0 Å². The highest BCUT2D eigenvalue weighted by molar-refractivity contribution is 9.10. The van der Waals surface area contributed by atoms with E-state index in [1.54, 1.807) is 6.21 Å². The Morgan fingerprint density at radius 1 is 0.846 bits per heavy atom. The molecule has 0 aliphatic carbocycles. The van der Waals surface area contributed by atoms with Gasteiger partial charge in [0.25, 0.3) is 0 Å². The number of nitrogens with one attached hydrogen (secondary N) is 1. The molecular formula is C33H28BrN3O2. The fourth-order valence-electron chi connectivity index (χ4n) is 4.54. The van der Waals surface area contributed by atoms with E-state index in [9.17, 15) is 9.90 Å². The van der Waals surface area contributed by atoms with Crippen molar-refractivity contribution in [3.05, 3.63) is 137 Å². The van der Waals surface area contributed by atoms with E-state index < -0.39 is 6.10 Å². The van der Waals surface area contributed by atoms with Gasteiger partial charge >= 0.3 is 0 Å². The summed E-state index contributed by atoms with van der Waals surface area (Å²) in [5, 5.41) is 14.7. The third-order valence-corrected chi connectivity index (χ3v) is 6.98. The zero-order chi connectivity index (χ0) is 27.0. The van der Waals surface area contributed by atoms with Gasteiger partial charge in [-0.05, 0) is 53.4 Å². The van der Waals surface area contributed by atoms with Gasteiger partial charge in [-0.15, -0.1) is 0 Å². The van der Waals surface area contributed by atoms with Crippen molar-refractivity contribution in [3.63, 3.8) is 0 Å². The quantitative estimate of drug-likeness (QED) is 0.140. The van der Waals surface area contributed by atoms with Crippen LogP contribution < -0.4 is 5.43 Å². The number of amides is 1. The van der Waals surface area contributed by atoms with Gasteiger partial charge in [0, 0.05) is 22.1 Å². The van der Waals surface area contributed by atoms with Crippen LogP contribution in [0.5, 0.6) is 0 Å². The van der Waals surface area contributed by atoms with E-state index in [0.717, 1.165) is 43.8 Å². The summed E-state index contributed by atoms with van der Waals surface area (Å²) >= 11 is 3.55. The average Bonchev–Trinajstić information content (AvgIpc) is 3.37. The summed E-state index contributed by atoms with van der Waals surface area (Å²) in [7, 11) is 0. The maximum absolute atomic E-state index is 12.5. The summed E-state index contributed by atoms with van der Waals surface area (Å²) < 4.78 is 3.22. The highest BCUT2D eigenvalue weighted by Gasteiger charge is 2.19. The van der Waals surface area contributed by atoms with Crippen molar-refractivity contribution in [1.82, 2.24) is 9.99 Å². The first kappa shape index (κ1) is 26.4. The number of halogens is 1. The fraction of sp³-hybridized carbons (Fsp3) is 0.0909. The molecule has 0 bridgehead atoms. The molecule has 1 aromatic heterocycles. The number of hydrogen-bond donors (Lipinski definition) is 2. The van der Waals surface area contributed by atoms with E-state index in [0.29, 0.717) is 6.42 Å². The molecular weight excluding hydrogens is 550 g/mol. The van der Waals surface area contributed by atoms with Gasteiger partial charge in [0.15, 0.2) is 0 Å². The van der Waals surface area contributed by atoms with Gasteiger partial charge in [0.2, 0.25) is 5.91 Å². The number of aromatic nitrogens is 1. The number of hydrogen-bond acceptors (Lipinski definition) is 3. The van der Waals surface area contributed by atoms with Crippen molar-refractivity contribution in [2.24, 2.45) is 5.10 Å². The molecule has 1 amide bonds. The van der Waals surface area contributed by atoms with Crippen molar-refractivity contribution in [3.8, 4) is 28.2 Å².